The molecule has 0 fully saturated rings. The van der Waals surface area contributed by atoms with Crippen LogP contribution < -0.4 is 5.32 Å². The first kappa shape index (κ1) is 13.0. The van der Waals surface area contributed by atoms with Crippen LogP contribution in [0.3, 0.4) is 0 Å². The van der Waals surface area contributed by atoms with Crippen molar-refractivity contribution in [3.63, 3.8) is 0 Å². The molecule has 4 nitrogen and oxygen atoms in total. The highest BCUT2D eigenvalue weighted by molar-refractivity contribution is 5.75. The molecule has 0 aromatic carbocycles. The maximum absolute atomic E-state index is 4.75. The average molecular weight is 246 g/mol. The lowest BCUT2D eigenvalue weighted by atomic mass is 10.1. The summed E-state index contributed by atoms with van der Waals surface area (Å²) in [5.41, 5.74) is 2.17. The number of hydrogen-bond acceptors (Lipinski definition) is 3. The molecule has 0 saturated heterocycles. The molecular weight excluding hydrogens is 224 g/mol. The quantitative estimate of drug-likeness (QED) is 0.882. The smallest absolute Gasteiger partial charge is 0.114 e. The third kappa shape index (κ3) is 2.38. The summed E-state index contributed by atoms with van der Waals surface area (Å²) in [6.45, 7) is 10.7. The van der Waals surface area contributed by atoms with E-state index in [2.05, 4.69) is 42.6 Å². The second-order valence-corrected chi connectivity index (χ2v) is 5.01. The van der Waals surface area contributed by atoms with Crippen molar-refractivity contribution >= 4 is 11.0 Å². The molecule has 0 aliphatic carbocycles. The molecule has 0 aliphatic rings. The second kappa shape index (κ2) is 5.48. The summed E-state index contributed by atoms with van der Waals surface area (Å²) >= 11 is 0. The molecule has 98 valence electrons. The predicted octanol–water partition coefficient (Wildman–Crippen LogP) is 2.73. The fourth-order valence-electron chi connectivity index (χ4n) is 2.31. The number of likely N-dealkylation sites (N-methyl/N-ethyl adjacent to an activating group) is 1. The zero-order chi connectivity index (χ0) is 13.1. The van der Waals surface area contributed by atoms with E-state index >= 15 is 0 Å². The first-order valence-corrected chi connectivity index (χ1v) is 6.67. The van der Waals surface area contributed by atoms with Gasteiger partial charge in [0.15, 0.2) is 0 Å². The lowest BCUT2D eigenvalue weighted by Crippen LogP contribution is -2.22. The number of rotatable bonds is 5. The molecule has 2 heterocycles. The maximum atomic E-state index is 4.75. The predicted molar refractivity (Wildman–Crippen MR) is 74.9 cm³/mol. The van der Waals surface area contributed by atoms with E-state index in [4.69, 9.17) is 4.98 Å². The van der Waals surface area contributed by atoms with Gasteiger partial charge in [-0.2, -0.15) is 0 Å². The van der Waals surface area contributed by atoms with Gasteiger partial charge in [-0.25, -0.2) is 4.98 Å². The van der Waals surface area contributed by atoms with E-state index in [0.29, 0.717) is 12.0 Å². The van der Waals surface area contributed by atoms with Crippen LogP contribution in [-0.4, -0.2) is 27.6 Å². The molecule has 4 heteroatoms. The van der Waals surface area contributed by atoms with Crippen LogP contribution in [0.25, 0.3) is 11.0 Å². The SMILES string of the molecule is CCNCC(C)c1nc2cnccc2n1C(C)C. The summed E-state index contributed by atoms with van der Waals surface area (Å²) in [5.74, 6) is 1.55. The maximum Gasteiger partial charge on any atom is 0.114 e. The van der Waals surface area contributed by atoms with Crippen LogP contribution in [-0.2, 0) is 0 Å². The third-order valence-electron chi connectivity index (χ3n) is 3.18. The minimum absolute atomic E-state index is 0.403. The van der Waals surface area contributed by atoms with E-state index in [0.717, 1.165) is 24.4 Å². The Morgan fingerprint density at radius 3 is 2.78 bits per heavy atom. The Hall–Kier alpha value is -1.42. The average Bonchev–Trinajstić information content (AvgIpc) is 2.75. The van der Waals surface area contributed by atoms with Gasteiger partial charge >= 0.3 is 0 Å². The lowest BCUT2D eigenvalue weighted by molar-refractivity contribution is 0.530. The molecule has 0 bridgehead atoms. The van der Waals surface area contributed by atoms with Crippen molar-refractivity contribution in [1.29, 1.82) is 0 Å². The molecule has 2 aromatic heterocycles. The van der Waals surface area contributed by atoms with E-state index in [1.165, 1.54) is 5.52 Å². The largest absolute Gasteiger partial charge is 0.325 e. The Morgan fingerprint density at radius 1 is 1.33 bits per heavy atom. The number of nitrogens with one attached hydrogen (secondary N) is 1. The Balaban J connectivity index is 2.45. The van der Waals surface area contributed by atoms with Gasteiger partial charge in [-0.1, -0.05) is 13.8 Å². The molecule has 0 amide bonds. The molecule has 18 heavy (non-hydrogen) atoms. The summed E-state index contributed by atoms with van der Waals surface area (Å²) in [7, 11) is 0. The Labute approximate surface area is 108 Å². The fraction of sp³-hybridized carbons (Fsp3) is 0.571. The van der Waals surface area contributed by atoms with Crippen LogP contribution >= 0.6 is 0 Å². The standard InChI is InChI=1S/C14H22N4/c1-5-15-8-11(4)14-17-12-9-16-7-6-13(12)18(14)10(2)3/h6-7,9-11,15H,5,8H2,1-4H3. The highest BCUT2D eigenvalue weighted by Gasteiger charge is 2.17. The van der Waals surface area contributed by atoms with E-state index in [-0.39, 0.29) is 0 Å². The fourth-order valence-corrected chi connectivity index (χ4v) is 2.31. The van der Waals surface area contributed by atoms with Gasteiger partial charge in [0.05, 0.1) is 11.7 Å². The zero-order valence-electron chi connectivity index (χ0n) is 11.6. The zero-order valence-corrected chi connectivity index (χ0v) is 11.6. The van der Waals surface area contributed by atoms with Crippen molar-refractivity contribution in [3.8, 4) is 0 Å². The first-order valence-electron chi connectivity index (χ1n) is 6.67. The highest BCUT2D eigenvalue weighted by Crippen LogP contribution is 2.24. The van der Waals surface area contributed by atoms with Gasteiger partial charge in [-0.05, 0) is 26.5 Å². The van der Waals surface area contributed by atoms with Crippen molar-refractivity contribution in [2.75, 3.05) is 13.1 Å². The number of pyridine rings is 1. The number of nitrogens with zero attached hydrogens (tertiary/aromatic N) is 3. The third-order valence-corrected chi connectivity index (χ3v) is 3.18. The Kier molecular flexibility index (Phi) is 3.97. The number of hydrogen-bond donors (Lipinski definition) is 1. The Morgan fingerprint density at radius 2 is 2.11 bits per heavy atom. The lowest BCUT2D eigenvalue weighted by Gasteiger charge is -2.17. The van der Waals surface area contributed by atoms with Crippen LogP contribution in [0.15, 0.2) is 18.5 Å². The van der Waals surface area contributed by atoms with E-state index < -0.39 is 0 Å². The molecule has 0 radical (unpaired) electrons. The summed E-state index contributed by atoms with van der Waals surface area (Å²) in [6.07, 6.45) is 3.68. The number of aromatic nitrogens is 3. The van der Waals surface area contributed by atoms with Crippen molar-refractivity contribution in [1.82, 2.24) is 19.9 Å². The van der Waals surface area contributed by atoms with Gasteiger partial charge in [0, 0.05) is 24.7 Å². The van der Waals surface area contributed by atoms with Crippen LogP contribution in [0.1, 0.15) is 45.5 Å². The minimum atomic E-state index is 0.403. The van der Waals surface area contributed by atoms with Crippen LogP contribution in [0.2, 0.25) is 0 Å². The van der Waals surface area contributed by atoms with Gasteiger partial charge in [-0.3, -0.25) is 4.98 Å². The summed E-state index contributed by atoms with van der Waals surface area (Å²) in [4.78, 5) is 8.90. The minimum Gasteiger partial charge on any atom is -0.325 e. The first-order chi connectivity index (χ1) is 8.65. The number of imidazole rings is 1. The van der Waals surface area contributed by atoms with Crippen molar-refractivity contribution < 1.29 is 0 Å². The van der Waals surface area contributed by atoms with Gasteiger partial charge in [0.2, 0.25) is 0 Å². The van der Waals surface area contributed by atoms with Crippen molar-refractivity contribution in [3.05, 3.63) is 24.3 Å². The van der Waals surface area contributed by atoms with Gasteiger partial charge in [0.1, 0.15) is 11.3 Å². The van der Waals surface area contributed by atoms with Gasteiger partial charge < -0.3 is 9.88 Å². The second-order valence-electron chi connectivity index (χ2n) is 5.01. The van der Waals surface area contributed by atoms with Crippen LogP contribution in [0.4, 0.5) is 0 Å². The van der Waals surface area contributed by atoms with E-state index in [1.54, 1.807) is 0 Å². The molecule has 2 rings (SSSR count). The summed E-state index contributed by atoms with van der Waals surface area (Å²) < 4.78 is 2.32. The normalized spacial score (nSPS) is 13.4. The molecule has 2 aromatic rings. The highest BCUT2D eigenvalue weighted by atomic mass is 15.1. The molecule has 1 atom stereocenters. The molecular formula is C14H22N4. The van der Waals surface area contributed by atoms with E-state index in [9.17, 15) is 0 Å². The van der Waals surface area contributed by atoms with Gasteiger partial charge in [-0.15, -0.1) is 0 Å². The van der Waals surface area contributed by atoms with E-state index in [1.807, 2.05) is 18.5 Å². The van der Waals surface area contributed by atoms with Crippen LogP contribution in [0, 0.1) is 0 Å². The number of fused-ring (bicyclic) bond motifs is 1. The van der Waals surface area contributed by atoms with Crippen molar-refractivity contribution in [2.45, 2.75) is 39.7 Å². The molecule has 1 unspecified atom stereocenters. The molecule has 0 aliphatic heterocycles. The topological polar surface area (TPSA) is 42.7 Å². The monoisotopic (exact) mass is 246 g/mol. The Bertz CT molecular complexity index is 515. The molecule has 1 N–H and O–H groups in total. The van der Waals surface area contributed by atoms with Gasteiger partial charge in [0.25, 0.3) is 0 Å². The van der Waals surface area contributed by atoms with Crippen molar-refractivity contribution in [2.24, 2.45) is 0 Å². The summed E-state index contributed by atoms with van der Waals surface area (Å²) in [6, 6.07) is 2.46. The molecule has 0 saturated carbocycles. The molecule has 0 spiro atoms. The van der Waals surface area contributed by atoms with Crippen LogP contribution in [0.5, 0.6) is 0 Å². The summed E-state index contributed by atoms with van der Waals surface area (Å²) in [5, 5.41) is 3.39.